The van der Waals surface area contributed by atoms with Crippen LogP contribution < -0.4 is 0 Å². The molecule has 0 aliphatic carbocycles. The number of carbonyl (C=O) groups is 3. The minimum Gasteiger partial charge on any atom is -0.478 e. The van der Waals surface area contributed by atoms with Crippen molar-refractivity contribution in [3.8, 4) is 0 Å². The number of amides is 2. The summed E-state index contributed by atoms with van der Waals surface area (Å²) in [5, 5.41) is 8.54. The Balaban J connectivity index is 2.31. The second kappa shape index (κ2) is 4.44. The Labute approximate surface area is 103 Å². The van der Waals surface area contributed by atoms with Gasteiger partial charge in [0.15, 0.2) is 0 Å². The number of rotatable bonds is 3. The fraction of sp³-hybridized carbons (Fsp3) is 0.154. The van der Waals surface area contributed by atoms with Gasteiger partial charge in [0.2, 0.25) is 0 Å². The molecule has 0 bridgehead atoms. The molecule has 5 heteroatoms. The minimum absolute atomic E-state index is 0.359. The van der Waals surface area contributed by atoms with E-state index in [0.29, 0.717) is 11.1 Å². The zero-order valence-electron chi connectivity index (χ0n) is 9.66. The molecule has 0 fully saturated rings. The van der Waals surface area contributed by atoms with Crippen molar-refractivity contribution >= 4 is 17.8 Å². The van der Waals surface area contributed by atoms with Gasteiger partial charge < -0.3 is 5.11 Å². The van der Waals surface area contributed by atoms with Crippen LogP contribution in [-0.2, 0) is 4.79 Å². The van der Waals surface area contributed by atoms with Gasteiger partial charge in [0.05, 0.1) is 17.2 Å². The highest BCUT2D eigenvalue weighted by Crippen LogP contribution is 2.24. The molecule has 0 saturated carbocycles. The maximum Gasteiger partial charge on any atom is 0.328 e. The van der Waals surface area contributed by atoms with Crippen LogP contribution in [0.3, 0.4) is 0 Å². The molecule has 5 nitrogen and oxygen atoms in total. The molecule has 18 heavy (non-hydrogen) atoms. The first kappa shape index (κ1) is 12.0. The number of carbonyl (C=O) groups excluding carboxylic acids is 2. The minimum atomic E-state index is -1.11. The Morgan fingerprint density at radius 2 is 1.72 bits per heavy atom. The fourth-order valence-corrected chi connectivity index (χ4v) is 1.89. The summed E-state index contributed by atoms with van der Waals surface area (Å²) in [7, 11) is 0. The Morgan fingerprint density at radius 1 is 1.22 bits per heavy atom. The molecular formula is C13H11NO4. The first-order valence-corrected chi connectivity index (χ1v) is 5.40. The lowest BCUT2D eigenvalue weighted by Gasteiger charge is -2.18. The van der Waals surface area contributed by atoms with E-state index in [2.05, 4.69) is 0 Å². The first-order chi connectivity index (χ1) is 8.52. The van der Waals surface area contributed by atoms with Gasteiger partial charge in [-0.2, -0.15) is 0 Å². The first-order valence-electron chi connectivity index (χ1n) is 5.40. The monoisotopic (exact) mass is 245 g/mol. The second-order valence-corrected chi connectivity index (χ2v) is 3.96. The number of hydrogen-bond donors (Lipinski definition) is 1. The van der Waals surface area contributed by atoms with Gasteiger partial charge in [0, 0.05) is 6.08 Å². The molecular weight excluding hydrogens is 234 g/mol. The molecule has 1 aromatic rings. The fourth-order valence-electron chi connectivity index (χ4n) is 1.89. The molecule has 1 aliphatic heterocycles. The van der Waals surface area contributed by atoms with Crippen LogP contribution in [0.25, 0.3) is 0 Å². The van der Waals surface area contributed by atoms with Gasteiger partial charge in [-0.1, -0.05) is 18.2 Å². The summed E-state index contributed by atoms with van der Waals surface area (Å²) in [5.41, 5.74) is 0.719. The van der Waals surface area contributed by atoms with Crippen molar-refractivity contribution in [2.75, 3.05) is 0 Å². The predicted molar refractivity (Wildman–Crippen MR) is 63.2 cm³/mol. The summed E-state index contributed by atoms with van der Waals surface area (Å²) in [4.78, 5) is 35.5. The van der Waals surface area contributed by atoms with Gasteiger partial charge in [0.25, 0.3) is 11.8 Å². The summed E-state index contributed by atoms with van der Waals surface area (Å²) in [5.74, 6) is -1.89. The quantitative estimate of drug-likeness (QED) is 0.643. The van der Waals surface area contributed by atoms with E-state index in [4.69, 9.17) is 5.11 Å². The van der Waals surface area contributed by atoms with E-state index in [0.717, 1.165) is 11.0 Å². The highest BCUT2D eigenvalue weighted by molar-refractivity contribution is 6.21. The number of hydrogen-bond acceptors (Lipinski definition) is 3. The predicted octanol–water partition coefficient (Wildman–Crippen LogP) is 1.31. The van der Waals surface area contributed by atoms with Gasteiger partial charge >= 0.3 is 5.97 Å². The van der Waals surface area contributed by atoms with Crippen LogP contribution in [0.15, 0.2) is 36.4 Å². The largest absolute Gasteiger partial charge is 0.478 e. The smallest absolute Gasteiger partial charge is 0.328 e. The lowest BCUT2D eigenvalue weighted by atomic mass is 10.1. The maximum absolute atomic E-state index is 12.0. The van der Waals surface area contributed by atoms with Crippen molar-refractivity contribution in [1.29, 1.82) is 0 Å². The molecule has 2 amide bonds. The highest BCUT2D eigenvalue weighted by atomic mass is 16.4. The van der Waals surface area contributed by atoms with Crippen LogP contribution in [0, 0.1) is 0 Å². The molecule has 0 unspecified atom stereocenters. The second-order valence-electron chi connectivity index (χ2n) is 3.96. The number of aliphatic carboxylic acids is 1. The van der Waals surface area contributed by atoms with Crippen molar-refractivity contribution in [2.45, 2.75) is 13.0 Å². The highest BCUT2D eigenvalue weighted by Gasteiger charge is 2.37. The summed E-state index contributed by atoms with van der Waals surface area (Å²) in [6.45, 7) is 1.60. The summed E-state index contributed by atoms with van der Waals surface area (Å²) in [6.07, 6.45) is 2.23. The molecule has 0 spiro atoms. The van der Waals surface area contributed by atoms with E-state index in [1.54, 1.807) is 31.2 Å². The summed E-state index contributed by atoms with van der Waals surface area (Å²) >= 11 is 0. The number of nitrogens with zero attached hydrogens (tertiary/aromatic N) is 1. The van der Waals surface area contributed by atoms with Gasteiger partial charge in [-0.25, -0.2) is 4.79 Å². The Hall–Kier alpha value is -2.43. The number of fused-ring (bicyclic) bond motifs is 1. The van der Waals surface area contributed by atoms with E-state index in [-0.39, 0.29) is 0 Å². The summed E-state index contributed by atoms with van der Waals surface area (Å²) in [6, 6.07) is 5.96. The SMILES string of the molecule is C[C@H](C=CC(=O)O)N1C(=O)c2ccccc2C1=O. The van der Waals surface area contributed by atoms with Crippen molar-refractivity contribution < 1.29 is 19.5 Å². The number of carboxylic acid groups (broad SMARTS) is 1. The number of benzene rings is 1. The third-order valence-corrected chi connectivity index (χ3v) is 2.75. The zero-order valence-corrected chi connectivity index (χ0v) is 9.66. The van der Waals surface area contributed by atoms with Crippen LogP contribution in [0.1, 0.15) is 27.6 Å². The third kappa shape index (κ3) is 1.90. The maximum atomic E-state index is 12.0. The van der Waals surface area contributed by atoms with Gasteiger partial charge in [-0.05, 0) is 19.1 Å². The molecule has 0 aromatic heterocycles. The van der Waals surface area contributed by atoms with E-state index in [9.17, 15) is 14.4 Å². The van der Waals surface area contributed by atoms with Crippen LogP contribution >= 0.6 is 0 Å². The molecule has 1 aliphatic rings. The van der Waals surface area contributed by atoms with Crippen LogP contribution in [0.4, 0.5) is 0 Å². The normalized spacial score (nSPS) is 16.2. The van der Waals surface area contributed by atoms with Gasteiger partial charge in [-0.3, -0.25) is 14.5 Å². The van der Waals surface area contributed by atoms with Crippen molar-refractivity contribution in [3.63, 3.8) is 0 Å². The van der Waals surface area contributed by atoms with Gasteiger partial charge in [-0.15, -0.1) is 0 Å². The Bertz CT molecular complexity index is 527. The van der Waals surface area contributed by atoms with E-state index in [1.807, 2.05) is 0 Å². The molecule has 1 atom stereocenters. The standard InChI is InChI=1S/C13H11NO4/c1-8(6-7-11(15)16)14-12(17)9-4-2-3-5-10(9)13(14)18/h2-8H,1H3,(H,15,16)/t8-/m1/s1. The number of carboxylic acids is 1. The van der Waals surface area contributed by atoms with Crippen molar-refractivity contribution in [2.24, 2.45) is 0 Å². The molecule has 1 aromatic carbocycles. The van der Waals surface area contributed by atoms with E-state index in [1.165, 1.54) is 6.08 Å². The third-order valence-electron chi connectivity index (χ3n) is 2.75. The molecule has 1 N–H and O–H groups in total. The number of imide groups is 1. The average Bonchev–Trinajstić information content (AvgIpc) is 2.60. The van der Waals surface area contributed by atoms with E-state index >= 15 is 0 Å². The topological polar surface area (TPSA) is 74.7 Å². The molecule has 0 saturated heterocycles. The van der Waals surface area contributed by atoms with Gasteiger partial charge in [0.1, 0.15) is 0 Å². The summed E-state index contributed by atoms with van der Waals surface area (Å²) < 4.78 is 0. The average molecular weight is 245 g/mol. The Morgan fingerprint density at radius 3 is 2.17 bits per heavy atom. The molecule has 2 rings (SSSR count). The van der Waals surface area contributed by atoms with Crippen LogP contribution in [-0.4, -0.2) is 33.8 Å². The van der Waals surface area contributed by atoms with E-state index < -0.39 is 23.8 Å². The lowest BCUT2D eigenvalue weighted by molar-refractivity contribution is -0.131. The molecule has 1 heterocycles. The zero-order chi connectivity index (χ0) is 13.3. The molecule has 92 valence electrons. The van der Waals surface area contributed by atoms with Crippen molar-refractivity contribution in [1.82, 2.24) is 4.90 Å². The van der Waals surface area contributed by atoms with Crippen LogP contribution in [0.2, 0.25) is 0 Å². The Kier molecular flexibility index (Phi) is 2.97. The molecule has 0 radical (unpaired) electrons. The van der Waals surface area contributed by atoms with Crippen LogP contribution in [0.5, 0.6) is 0 Å². The lowest BCUT2D eigenvalue weighted by Crippen LogP contribution is -2.36. The van der Waals surface area contributed by atoms with Crippen molar-refractivity contribution in [3.05, 3.63) is 47.5 Å².